The molecule has 0 saturated carbocycles. The third-order valence-corrected chi connectivity index (χ3v) is 11.1. The van der Waals surface area contributed by atoms with Crippen LogP contribution in [-0.2, 0) is 49.0 Å². The largest absolute Gasteiger partial charge is 0.490 e. The lowest BCUT2D eigenvalue weighted by Crippen LogP contribution is -2.38. The fourth-order valence-corrected chi connectivity index (χ4v) is 8.11. The van der Waals surface area contributed by atoms with Crippen LogP contribution in [0.15, 0.2) is 53.6 Å². The van der Waals surface area contributed by atoms with Gasteiger partial charge in [-0.1, -0.05) is 32.1 Å². The van der Waals surface area contributed by atoms with E-state index in [-0.39, 0.29) is 61.0 Å². The molecular formula is C41H46FN5O7. The second kappa shape index (κ2) is 15.4. The number of nitrogens with zero attached hydrogens (tertiary/aromatic N) is 3. The van der Waals surface area contributed by atoms with Gasteiger partial charge in [0.25, 0.3) is 17.4 Å². The number of pyridine rings is 2. The molecule has 12 nitrogen and oxygen atoms in total. The maximum absolute atomic E-state index is 15.2. The van der Waals surface area contributed by atoms with Crippen LogP contribution < -0.4 is 16.2 Å². The molecule has 2 aromatic heterocycles. The molecule has 0 saturated heterocycles. The van der Waals surface area contributed by atoms with E-state index in [0.717, 1.165) is 47.8 Å². The highest BCUT2D eigenvalue weighted by Crippen LogP contribution is 2.46. The number of hydrogen-bond donors (Lipinski definition) is 3. The Balaban J connectivity index is 0.963. The number of imide groups is 1. The molecule has 1 aliphatic carbocycles. The van der Waals surface area contributed by atoms with Gasteiger partial charge >= 0.3 is 0 Å². The summed E-state index contributed by atoms with van der Waals surface area (Å²) < 4.78 is 28.2. The fourth-order valence-electron chi connectivity index (χ4n) is 8.11. The average molecular weight is 740 g/mol. The number of rotatable bonds is 15. The van der Waals surface area contributed by atoms with Crippen molar-refractivity contribution in [3.05, 3.63) is 98.3 Å². The number of aromatic nitrogens is 2. The lowest BCUT2D eigenvalue weighted by Gasteiger charge is -2.35. The average Bonchev–Trinajstić information content (AvgIpc) is 3.69. The second-order valence-corrected chi connectivity index (χ2v) is 14.3. The van der Waals surface area contributed by atoms with Gasteiger partial charge in [0.05, 0.1) is 41.7 Å². The zero-order valence-corrected chi connectivity index (χ0v) is 30.8. The van der Waals surface area contributed by atoms with E-state index < -0.39 is 11.6 Å². The summed E-state index contributed by atoms with van der Waals surface area (Å²) in [6, 6.07) is 2.81. The van der Waals surface area contributed by atoms with Crippen LogP contribution in [-0.4, -0.2) is 70.1 Å². The number of carbonyl (C=O) groups is 3. The number of amides is 3. The Morgan fingerprint density at radius 1 is 1.15 bits per heavy atom. The zero-order valence-electron chi connectivity index (χ0n) is 30.8. The molecule has 13 heteroatoms. The van der Waals surface area contributed by atoms with Crippen molar-refractivity contribution in [1.29, 1.82) is 0 Å². The van der Waals surface area contributed by atoms with Gasteiger partial charge < -0.3 is 29.8 Å². The third kappa shape index (κ3) is 6.80. The van der Waals surface area contributed by atoms with E-state index in [1.165, 1.54) is 23.1 Å². The Bertz CT molecular complexity index is 2160. The minimum absolute atomic E-state index is 0.00233. The van der Waals surface area contributed by atoms with Crippen LogP contribution in [0.4, 0.5) is 4.39 Å². The normalized spacial score (nSPS) is 19.8. The summed E-state index contributed by atoms with van der Waals surface area (Å²) in [6.07, 6.45) is 11.7. The summed E-state index contributed by atoms with van der Waals surface area (Å²) in [6.45, 7) is 9.58. The number of halogens is 1. The number of benzene rings is 1. The van der Waals surface area contributed by atoms with Crippen LogP contribution in [0.2, 0.25) is 0 Å². The van der Waals surface area contributed by atoms with E-state index in [9.17, 15) is 24.3 Å². The first kappa shape index (κ1) is 37.3. The Morgan fingerprint density at radius 3 is 2.72 bits per heavy atom. The standard InChI is InChI=1S/C41H46FN5O7/c1-4-41(52)25(3)54-22-28-29(41)19-33-39-27(21-47(33)40(28)51)38-31(12-11-26-24(2)30(42)20-32(45-39)37(26)38)44-34(48)23-53-18-16-43-15-9-7-5-6-8-10-17-46-35(49)13-14-36(46)50/h7,9,13-14,19-20,31,43,52H,3-6,8,10-12,15-18,21-23H2,1-2H3,(H,44,48)/t31-,41+/m0/s1. The molecule has 3 aromatic rings. The summed E-state index contributed by atoms with van der Waals surface area (Å²) in [4.78, 5) is 56.5. The number of aryl methyl sites for hydroxylation is 1. The van der Waals surface area contributed by atoms with E-state index in [4.69, 9.17) is 14.5 Å². The molecule has 3 amide bonds. The molecule has 3 aliphatic heterocycles. The number of unbranched alkanes of at least 4 members (excludes halogenated alkanes) is 3. The SMILES string of the molecule is C=C1OCc2c(cc3n(c2=O)Cc2c-3nc3cc(F)c(C)c4c3c2[C@@H](NC(=O)COCCNCC=CCCCCCN2C(=O)C=CC2=O)CC4)[C@@]1(O)CC. The molecule has 1 aromatic carbocycles. The van der Waals surface area contributed by atoms with Crippen molar-refractivity contribution in [2.45, 2.75) is 83.6 Å². The van der Waals surface area contributed by atoms with Crippen molar-refractivity contribution in [3.63, 3.8) is 0 Å². The number of allylic oxidation sites excluding steroid dienone is 1. The highest BCUT2D eigenvalue weighted by molar-refractivity contribution is 6.12. The lowest BCUT2D eigenvalue weighted by atomic mass is 9.81. The van der Waals surface area contributed by atoms with Crippen molar-refractivity contribution in [2.75, 3.05) is 32.8 Å². The summed E-state index contributed by atoms with van der Waals surface area (Å²) in [5.41, 5.74) is 3.56. The molecule has 3 N–H and O–H groups in total. The quantitative estimate of drug-likeness (QED) is 0.0923. The number of nitrogens with one attached hydrogen (secondary N) is 2. The van der Waals surface area contributed by atoms with Crippen LogP contribution in [0.5, 0.6) is 0 Å². The van der Waals surface area contributed by atoms with Crippen molar-refractivity contribution >= 4 is 28.6 Å². The van der Waals surface area contributed by atoms with E-state index in [1.807, 2.05) is 6.08 Å². The molecule has 7 rings (SSSR count). The summed E-state index contributed by atoms with van der Waals surface area (Å²) in [7, 11) is 0. The van der Waals surface area contributed by atoms with Gasteiger partial charge in [0, 0.05) is 54.4 Å². The first-order valence-electron chi connectivity index (χ1n) is 18.8. The minimum Gasteiger partial charge on any atom is -0.490 e. The van der Waals surface area contributed by atoms with Crippen molar-refractivity contribution in [3.8, 4) is 11.4 Å². The minimum atomic E-state index is -1.53. The number of carbonyl (C=O) groups excluding carboxylic acids is 3. The molecule has 4 aliphatic rings. The number of fused-ring (bicyclic) bond motifs is 5. The summed E-state index contributed by atoms with van der Waals surface area (Å²) in [5, 5.41) is 18.8. The van der Waals surface area contributed by atoms with Crippen molar-refractivity contribution < 1.29 is 33.4 Å². The van der Waals surface area contributed by atoms with Gasteiger partial charge in [0.2, 0.25) is 5.91 Å². The van der Waals surface area contributed by atoms with Gasteiger partial charge in [0.1, 0.15) is 30.4 Å². The van der Waals surface area contributed by atoms with Crippen molar-refractivity contribution in [1.82, 2.24) is 25.1 Å². The highest BCUT2D eigenvalue weighted by atomic mass is 19.1. The third-order valence-electron chi connectivity index (χ3n) is 11.1. The molecule has 284 valence electrons. The Hall–Kier alpha value is -4.98. The molecule has 0 unspecified atom stereocenters. The van der Waals surface area contributed by atoms with E-state index in [1.54, 1.807) is 24.5 Å². The topological polar surface area (TPSA) is 152 Å². The predicted octanol–water partition coefficient (Wildman–Crippen LogP) is 4.27. The van der Waals surface area contributed by atoms with E-state index in [2.05, 4.69) is 23.3 Å². The van der Waals surface area contributed by atoms with Gasteiger partial charge in [-0.25, -0.2) is 9.37 Å². The Morgan fingerprint density at radius 2 is 1.94 bits per heavy atom. The molecule has 2 atom stereocenters. The number of hydrogen-bond acceptors (Lipinski definition) is 9. The van der Waals surface area contributed by atoms with Crippen molar-refractivity contribution in [2.24, 2.45) is 0 Å². The van der Waals surface area contributed by atoms with Crippen LogP contribution in [0.1, 0.15) is 84.9 Å². The Labute approximate surface area is 312 Å². The molecule has 0 spiro atoms. The molecule has 54 heavy (non-hydrogen) atoms. The monoisotopic (exact) mass is 739 g/mol. The van der Waals surface area contributed by atoms with Crippen LogP contribution in [0.25, 0.3) is 22.3 Å². The maximum Gasteiger partial charge on any atom is 0.258 e. The summed E-state index contributed by atoms with van der Waals surface area (Å²) in [5.74, 6) is -0.915. The zero-order chi connectivity index (χ0) is 38.1. The lowest BCUT2D eigenvalue weighted by molar-refractivity contribution is -0.136. The van der Waals surface area contributed by atoms with E-state index in [0.29, 0.717) is 72.7 Å². The van der Waals surface area contributed by atoms with Crippen LogP contribution >= 0.6 is 0 Å². The molecule has 0 radical (unpaired) electrons. The van der Waals surface area contributed by atoms with Gasteiger partial charge in [-0.15, -0.1) is 0 Å². The first-order valence-corrected chi connectivity index (χ1v) is 18.8. The predicted molar refractivity (Wildman–Crippen MR) is 200 cm³/mol. The Kier molecular flexibility index (Phi) is 10.7. The summed E-state index contributed by atoms with van der Waals surface area (Å²) >= 11 is 0. The van der Waals surface area contributed by atoms with Gasteiger partial charge in [-0.3, -0.25) is 24.1 Å². The maximum atomic E-state index is 15.2. The second-order valence-electron chi connectivity index (χ2n) is 14.3. The molecule has 0 fully saturated rings. The van der Waals surface area contributed by atoms with Gasteiger partial charge in [-0.2, -0.15) is 0 Å². The van der Waals surface area contributed by atoms with Crippen LogP contribution in [0, 0.1) is 12.7 Å². The number of aliphatic hydroxyl groups is 1. The molecule has 0 bridgehead atoms. The van der Waals surface area contributed by atoms with E-state index >= 15 is 4.39 Å². The fraction of sp³-hybridized carbons (Fsp3) is 0.439. The molecule has 5 heterocycles. The first-order chi connectivity index (χ1) is 26.0. The van der Waals surface area contributed by atoms with Gasteiger partial charge in [0.15, 0.2) is 0 Å². The van der Waals surface area contributed by atoms with Crippen LogP contribution in [0.3, 0.4) is 0 Å². The highest BCUT2D eigenvalue weighted by Gasteiger charge is 2.42. The van der Waals surface area contributed by atoms with Gasteiger partial charge in [-0.05, 0) is 68.2 Å². The smallest absolute Gasteiger partial charge is 0.258 e. The molecular weight excluding hydrogens is 693 g/mol. The number of ether oxygens (including phenoxy) is 2.